The lowest BCUT2D eigenvalue weighted by Gasteiger charge is -2.56. The number of nitrogens with zero attached hydrogens (tertiary/aromatic N) is 3. The molecule has 6 rings (SSSR count). The Hall–Kier alpha value is -1.83. The number of hydrogen-bond donors (Lipinski definition) is 2. The summed E-state index contributed by atoms with van der Waals surface area (Å²) >= 11 is 1.36. The summed E-state index contributed by atoms with van der Waals surface area (Å²) in [6.07, 6.45) is 15.0. The van der Waals surface area contributed by atoms with E-state index in [0.29, 0.717) is 12.5 Å². The van der Waals surface area contributed by atoms with Gasteiger partial charge in [-0.05, 0) is 76.0 Å². The second kappa shape index (κ2) is 9.43. The largest absolute Gasteiger partial charge is 0.332 e. The van der Waals surface area contributed by atoms with Crippen LogP contribution in [0.3, 0.4) is 0 Å². The lowest BCUT2D eigenvalue weighted by Crippen LogP contribution is -2.62. The number of amides is 3. The number of carbonyl (C=O) groups excluding carboxylic acids is 2. The number of carbonyl (C=O) groups is 2. The number of urea groups is 1. The van der Waals surface area contributed by atoms with Crippen molar-refractivity contribution in [2.24, 2.45) is 17.8 Å². The summed E-state index contributed by atoms with van der Waals surface area (Å²) in [6.45, 7) is 6.34. The first kappa shape index (κ1) is 22.9. The molecule has 0 radical (unpaired) electrons. The molecule has 1 aromatic rings. The van der Waals surface area contributed by atoms with Crippen LogP contribution in [0, 0.1) is 17.8 Å². The summed E-state index contributed by atoms with van der Waals surface area (Å²) < 4.78 is 2.09. The van der Waals surface area contributed by atoms with E-state index in [1.54, 1.807) is 0 Å². The van der Waals surface area contributed by atoms with Crippen LogP contribution in [-0.2, 0) is 11.3 Å². The van der Waals surface area contributed by atoms with Gasteiger partial charge in [0.1, 0.15) is 5.82 Å². The van der Waals surface area contributed by atoms with Gasteiger partial charge in [0.15, 0.2) is 5.16 Å². The van der Waals surface area contributed by atoms with Gasteiger partial charge in [0.2, 0.25) is 5.91 Å². The zero-order valence-corrected chi connectivity index (χ0v) is 20.5. The molecule has 1 aromatic heterocycles. The molecular weight excluding hydrogens is 434 g/mol. The summed E-state index contributed by atoms with van der Waals surface area (Å²) in [4.78, 5) is 25.6. The zero-order chi connectivity index (χ0) is 23.0. The van der Waals surface area contributed by atoms with Gasteiger partial charge in [0.25, 0.3) is 0 Å². The van der Waals surface area contributed by atoms with Crippen molar-refractivity contribution < 1.29 is 9.59 Å². The highest BCUT2D eigenvalue weighted by molar-refractivity contribution is 8.00. The molecule has 2 N–H and O–H groups in total. The maximum atomic E-state index is 12.9. The fourth-order valence-corrected chi connectivity index (χ4v) is 8.18. The van der Waals surface area contributed by atoms with E-state index < -0.39 is 5.25 Å². The molecule has 1 heterocycles. The smallest absolute Gasteiger partial charge is 0.321 e. The molecule has 5 fully saturated rings. The molecule has 0 spiro atoms. The number of imide groups is 1. The third-order valence-corrected chi connectivity index (χ3v) is 9.41. The molecular formula is C25H37N5O2S. The van der Waals surface area contributed by atoms with Gasteiger partial charge in [-0.1, -0.05) is 37.1 Å². The molecule has 3 amide bonds. The highest BCUT2D eigenvalue weighted by atomic mass is 32.2. The fraction of sp³-hybridized carbons (Fsp3) is 0.760. The quantitative estimate of drug-likeness (QED) is 0.441. The minimum atomic E-state index is -0.445. The van der Waals surface area contributed by atoms with Crippen LogP contribution >= 0.6 is 11.8 Å². The maximum absolute atomic E-state index is 12.9. The van der Waals surface area contributed by atoms with Crippen LogP contribution in [0.1, 0.15) is 89.3 Å². The molecule has 180 valence electrons. The Kier molecular flexibility index (Phi) is 6.56. The van der Waals surface area contributed by atoms with Crippen molar-refractivity contribution in [1.29, 1.82) is 0 Å². The summed E-state index contributed by atoms with van der Waals surface area (Å²) in [5.74, 6) is 3.39. The molecule has 0 saturated heterocycles. The Balaban J connectivity index is 1.19. The minimum absolute atomic E-state index is 0.103. The fourth-order valence-electron chi connectivity index (χ4n) is 7.31. The van der Waals surface area contributed by atoms with Crippen molar-refractivity contribution >= 4 is 23.7 Å². The van der Waals surface area contributed by atoms with Crippen LogP contribution in [0.2, 0.25) is 0 Å². The molecule has 8 heteroatoms. The SMILES string of the molecule is C=CCn1c(S[C@@H](C)C(=O)NC(=O)NC23CC4CC(CC(C4)C2)C3)nnc1C1CCCCC1. The average molecular weight is 472 g/mol. The predicted molar refractivity (Wildman–Crippen MR) is 129 cm³/mol. The highest BCUT2D eigenvalue weighted by Crippen LogP contribution is 2.55. The Morgan fingerprint density at radius 3 is 2.36 bits per heavy atom. The molecule has 5 aliphatic carbocycles. The van der Waals surface area contributed by atoms with E-state index in [0.717, 1.165) is 60.8 Å². The molecule has 0 aromatic carbocycles. The maximum Gasteiger partial charge on any atom is 0.321 e. The van der Waals surface area contributed by atoms with Crippen LogP contribution < -0.4 is 10.6 Å². The summed E-state index contributed by atoms with van der Waals surface area (Å²) in [5, 5.41) is 15.0. The summed E-state index contributed by atoms with van der Waals surface area (Å²) in [6, 6.07) is -0.343. The third kappa shape index (κ3) is 4.86. The summed E-state index contributed by atoms with van der Waals surface area (Å²) in [5.41, 5.74) is -0.103. The topological polar surface area (TPSA) is 88.9 Å². The standard InChI is InChI=1S/C25H37N5O2S/c1-3-9-30-21(20-7-5-4-6-8-20)28-29-24(30)33-16(2)22(31)26-23(32)27-25-13-17-10-18(14-25)12-19(11-17)15-25/h3,16-20H,1,4-15H2,2H3,(H2,26,27,31,32)/t16-,17?,18?,19?,25?/m0/s1. The number of nitrogens with one attached hydrogen (secondary N) is 2. The Bertz CT molecular complexity index is 871. The van der Waals surface area contributed by atoms with Gasteiger partial charge >= 0.3 is 6.03 Å². The van der Waals surface area contributed by atoms with Gasteiger partial charge in [-0.25, -0.2) is 4.79 Å². The molecule has 5 aliphatic rings. The molecule has 33 heavy (non-hydrogen) atoms. The Morgan fingerprint density at radius 1 is 1.12 bits per heavy atom. The molecule has 4 bridgehead atoms. The van der Waals surface area contributed by atoms with Crippen molar-refractivity contribution in [3.63, 3.8) is 0 Å². The van der Waals surface area contributed by atoms with Crippen molar-refractivity contribution in [2.75, 3.05) is 0 Å². The van der Waals surface area contributed by atoms with Gasteiger partial charge in [-0.3, -0.25) is 10.1 Å². The van der Waals surface area contributed by atoms with Crippen LogP contribution in [0.4, 0.5) is 4.79 Å². The zero-order valence-electron chi connectivity index (χ0n) is 19.7. The first-order valence-electron chi connectivity index (χ1n) is 12.8. The van der Waals surface area contributed by atoms with Gasteiger partial charge in [0, 0.05) is 18.0 Å². The average Bonchev–Trinajstić information content (AvgIpc) is 3.15. The van der Waals surface area contributed by atoms with Crippen molar-refractivity contribution in [3.05, 3.63) is 18.5 Å². The first-order valence-corrected chi connectivity index (χ1v) is 13.7. The molecule has 7 nitrogen and oxygen atoms in total. The monoisotopic (exact) mass is 471 g/mol. The lowest BCUT2D eigenvalue weighted by molar-refractivity contribution is -0.119. The van der Waals surface area contributed by atoms with E-state index in [2.05, 4.69) is 32.0 Å². The molecule has 0 unspecified atom stereocenters. The number of allylic oxidation sites excluding steroid dienone is 1. The lowest BCUT2D eigenvalue weighted by atomic mass is 9.53. The molecule has 1 atom stereocenters. The first-order chi connectivity index (χ1) is 15.9. The van der Waals surface area contributed by atoms with Gasteiger partial charge in [0.05, 0.1) is 5.25 Å². The van der Waals surface area contributed by atoms with E-state index in [-0.39, 0.29) is 17.5 Å². The van der Waals surface area contributed by atoms with Crippen LogP contribution in [0.5, 0.6) is 0 Å². The van der Waals surface area contributed by atoms with E-state index >= 15 is 0 Å². The second-order valence-electron chi connectivity index (χ2n) is 11.0. The third-order valence-electron chi connectivity index (χ3n) is 8.33. The van der Waals surface area contributed by atoms with Crippen LogP contribution in [0.15, 0.2) is 17.8 Å². The minimum Gasteiger partial charge on any atom is -0.332 e. The van der Waals surface area contributed by atoms with Crippen LogP contribution in [-0.4, -0.2) is 37.5 Å². The Labute approximate surface area is 200 Å². The van der Waals surface area contributed by atoms with Crippen molar-refractivity contribution in [3.8, 4) is 0 Å². The second-order valence-corrected chi connectivity index (χ2v) is 12.3. The van der Waals surface area contributed by atoms with Gasteiger partial charge in [-0.15, -0.1) is 16.8 Å². The normalized spacial score (nSPS) is 31.8. The van der Waals surface area contributed by atoms with E-state index in [9.17, 15) is 9.59 Å². The van der Waals surface area contributed by atoms with E-state index in [1.807, 2.05) is 13.0 Å². The van der Waals surface area contributed by atoms with Crippen molar-refractivity contribution in [1.82, 2.24) is 25.4 Å². The predicted octanol–water partition coefficient (Wildman–Crippen LogP) is 4.79. The highest BCUT2D eigenvalue weighted by Gasteiger charge is 2.51. The molecule has 5 saturated carbocycles. The van der Waals surface area contributed by atoms with Crippen LogP contribution in [0.25, 0.3) is 0 Å². The van der Waals surface area contributed by atoms with Gasteiger partial charge in [-0.2, -0.15) is 0 Å². The van der Waals surface area contributed by atoms with Gasteiger partial charge < -0.3 is 9.88 Å². The number of hydrogen-bond acceptors (Lipinski definition) is 5. The van der Waals surface area contributed by atoms with Crippen molar-refractivity contribution in [2.45, 2.75) is 106 Å². The summed E-state index contributed by atoms with van der Waals surface area (Å²) in [7, 11) is 0. The van der Waals surface area contributed by atoms with E-state index in [4.69, 9.17) is 0 Å². The van der Waals surface area contributed by atoms with E-state index in [1.165, 1.54) is 50.3 Å². The number of rotatable bonds is 7. The number of thioether (sulfide) groups is 1. The number of aromatic nitrogens is 3. The Morgan fingerprint density at radius 2 is 1.76 bits per heavy atom. The molecule has 0 aliphatic heterocycles.